The monoisotopic (exact) mass is 317 g/mol. The molecule has 2 aromatic carbocycles. The molecule has 0 spiro atoms. The molecule has 0 radical (unpaired) electrons. The molecule has 0 heterocycles. The van der Waals surface area contributed by atoms with Crippen molar-refractivity contribution in [3.8, 4) is 0 Å². The molecule has 2 rings (SSSR count). The zero-order chi connectivity index (χ0) is 13.1. The maximum atomic E-state index is 6.10. The summed E-state index contributed by atoms with van der Waals surface area (Å²) >= 11 is 19.6. The minimum atomic E-state index is 0.670. The zero-order valence-electron chi connectivity index (χ0n) is 9.29. The zero-order valence-corrected chi connectivity index (χ0v) is 12.4. The Morgan fingerprint density at radius 2 is 1.61 bits per heavy atom. The standard InChI is InChI=1S/C13H10Cl3NS/c14-9-1-3-11(16)8(5-9)7-18-13-6-10(15)2-4-12(13)17/h1-6H,7,17H2. The van der Waals surface area contributed by atoms with Crippen LogP contribution < -0.4 is 5.73 Å². The molecule has 2 N–H and O–H groups in total. The van der Waals surface area contributed by atoms with E-state index in [-0.39, 0.29) is 0 Å². The number of nitrogens with two attached hydrogens (primary N) is 1. The number of rotatable bonds is 3. The first-order chi connectivity index (χ1) is 8.56. The number of hydrogen-bond acceptors (Lipinski definition) is 2. The SMILES string of the molecule is Nc1ccc(Cl)cc1SCc1cc(Cl)ccc1Cl. The lowest BCUT2D eigenvalue weighted by atomic mass is 10.2. The van der Waals surface area contributed by atoms with Gasteiger partial charge in [-0.1, -0.05) is 34.8 Å². The van der Waals surface area contributed by atoms with Gasteiger partial charge in [0.2, 0.25) is 0 Å². The fraction of sp³-hybridized carbons (Fsp3) is 0.0769. The highest BCUT2D eigenvalue weighted by molar-refractivity contribution is 7.98. The fourth-order valence-electron chi connectivity index (χ4n) is 1.44. The second-order valence-corrected chi connectivity index (χ2v) is 6.00. The predicted molar refractivity (Wildman–Crippen MR) is 81.9 cm³/mol. The van der Waals surface area contributed by atoms with Crippen molar-refractivity contribution in [3.05, 3.63) is 57.0 Å². The van der Waals surface area contributed by atoms with Crippen molar-refractivity contribution in [1.29, 1.82) is 0 Å². The summed E-state index contributed by atoms with van der Waals surface area (Å²) < 4.78 is 0. The molecule has 94 valence electrons. The van der Waals surface area contributed by atoms with Crippen LogP contribution in [0.15, 0.2) is 41.3 Å². The second-order valence-electron chi connectivity index (χ2n) is 3.71. The number of halogens is 3. The van der Waals surface area contributed by atoms with Crippen LogP contribution in [-0.2, 0) is 5.75 Å². The minimum absolute atomic E-state index is 0.670. The third kappa shape index (κ3) is 3.48. The molecule has 0 aliphatic rings. The number of hydrogen-bond donors (Lipinski definition) is 1. The van der Waals surface area contributed by atoms with Crippen molar-refractivity contribution >= 4 is 52.3 Å². The van der Waals surface area contributed by atoms with Crippen LogP contribution in [0.5, 0.6) is 0 Å². The first-order valence-corrected chi connectivity index (χ1v) is 7.30. The summed E-state index contributed by atoms with van der Waals surface area (Å²) in [6, 6.07) is 10.8. The van der Waals surface area contributed by atoms with E-state index in [2.05, 4.69) is 0 Å². The fourth-order valence-corrected chi connectivity index (χ4v) is 3.13. The quantitative estimate of drug-likeness (QED) is 0.595. The number of nitrogen functional groups attached to an aromatic ring is 1. The summed E-state index contributed by atoms with van der Waals surface area (Å²) in [6.45, 7) is 0. The smallest absolute Gasteiger partial charge is 0.0453 e. The molecule has 18 heavy (non-hydrogen) atoms. The van der Waals surface area contributed by atoms with E-state index in [9.17, 15) is 0 Å². The first kappa shape index (κ1) is 13.9. The third-order valence-corrected chi connectivity index (χ3v) is 4.33. The van der Waals surface area contributed by atoms with Gasteiger partial charge in [0.15, 0.2) is 0 Å². The van der Waals surface area contributed by atoms with E-state index >= 15 is 0 Å². The van der Waals surface area contributed by atoms with Gasteiger partial charge in [-0.15, -0.1) is 11.8 Å². The molecule has 0 aliphatic carbocycles. The largest absolute Gasteiger partial charge is 0.398 e. The molecule has 1 nitrogen and oxygen atoms in total. The molecular formula is C13H10Cl3NS. The molecular weight excluding hydrogens is 309 g/mol. The van der Waals surface area contributed by atoms with Gasteiger partial charge < -0.3 is 5.73 Å². The Hall–Kier alpha value is -0.540. The van der Waals surface area contributed by atoms with Crippen LogP contribution in [0.25, 0.3) is 0 Å². The van der Waals surface area contributed by atoms with E-state index < -0.39 is 0 Å². The molecule has 2 aromatic rings. The maximum absolute atomic E-state index is 6.10. The summed E-state index contributed by atoms with van der Waals surface area (Å²) in [5.74, 6) is 0.698. The number of anilines is 1. The highest BCUT2D eigenvalue weighted by Gasteiger charge is 2.05. The van der Waals surface area contributed by atoms with E-state index in [1.807, 2.05) is 12.1 Å². The van der Waals surface area contributed by atoms with E-state index in [4.69, 9.17) is 40.5 Å². The van der Waals surface area contributed by atoms with Crippen LogP contribution in [0.2, 0.25) is 15.1 Å². The van der Waals surface area contributed by atoms with Crippen LogP contribution in [0.4, 0.5) is 5.69 Å². The average molecular weight is 319 g/mol. The van der Waals surface area contributed by atoms with Crippen LogP contribution >= 0.6 is 46.6 Å². The Morgan fingerprint density at radius 1 is 0.944 bits per heavy atom. The summed E-state index contributed by atoms with van der Waals surface area (Å²) in [7, 11) is 0. The molecule has 0 bridgehead atoms. The van der Waals surface area contributed by atoms with Crippen molar-refractivity contribution in [2.24, 2.45) is 0 Å². The Balaban J connectivity index is 2.16. The molecule has 0 amide bonds. The predicted octanol–water partition coefficient (Wildman–Crippen LogP) is 5.52. The van der Waals surface area contributed by atoms with Gasteiger partial charge in [0.25, 0.3) is 0 Å². The van der Waals surface area contributed by atoms with Gasteiger partial charge in [-0.05, 0) is 42.0 Å². The Labute approximate surface area is 125 Å². The van der Waals surface area contributed by atoms with Gasteiger partial charge in [0.1, 0.15) is 0 Å². The summed E-state index contributed by atoms with van der Waals surface area (Å²) in [5, 5.41) is 2.05. The molecule has 0 atom stereocenters. The molecule has 0 aromatic heterocycles. The van der Waals surface area contributed by atoms with Crippen LogP contribution in [0, 0.1) is 0 Å². The lowest BCUT2D eigenvalue weighted by molar-refractivity contribution is 1.38. The van der Waals surface area contributed by atoms with Crippen LogP contribution in [-0.4, -0.2) is 0 Å². The van der Waals surface area contributed by atoms with Crippen molar-refractivity contribution in [2.75, 3.05) is 5.73 Å². The highest BCUT2D eigenvalue weighted by Crippen LogP contribution is 2.33. The van der Waals surface area contributed by atoms with Gasteiger partial charge in [-0.25, -0.2) is 0 Å². The minimum Gasteiger partial charge on any atom is -0.398 e. The third-order valence-electron chi connectivity index (χ3n) is 2.37. The van der Waals surface area contributed by atoms with Crippen LogP contribution in [0.1, 0.15) is 5.56 Å². The van der Waals surface area contributed by atoms with E-state index in [1.54, 1.807) is 36.0 Å². The summed E-state index contributed by atoms with van der Waals surface area (Å²) in [6.07, 6.45) is 0. The maximum Gasteiger partial charge on any atom is 0.0453 e. The second kappa shape index (κ2) is 6.07. The lowest BCUT2D eigenvalue weighted by Crippen LogP contribution is -1.89. The number of thioether (sulfide) groups is 1. The van der Waals surface area contributed by atoms with Gasteiger partial charge in [-0.2, -0.15) is 0 Å². The van der Waals surface area contributed by atoms with Gasteiger partial charge in [0.05, 0.1) is 0 Å². The Morgan fingerprint density at radius 3 is 2.39 bits per heavy atom. The number of benzene rings is 2. The van der Waals surface area contributed by atoms with Gasteiger partial charge in [0, 0.05) is 31.4 Å². The molecule has 0 aliphatic heterocycles. The van der Waals surface area contributed by atoms with Crippen molar-refractivity contribution in [1.82, 2.24) is 0 Å². The molecule has 0 unspecified atom stereocenters. The van der Waals surface area contributed by atoms with E-state index in [1.165, 1.54) is 0 Å². The molecule has 5 heteroatoms. The molecule has 0 fully saturated rings. The lowest BCUT2D eigenvalue weighted by Gasteiger charge is -2.07. The molecule has 0 saturated heterocycles. The van der Waals surface area contributed by atoms with Gasteiger partial charge in [-0.3, -0.25) is 0 Å². The average Bonchev–Trinajstić information content (AvgIpc) is 2.34. The van der Waals surface area contributed by atoms with E-state index in [0.29, 0.717) is 26.5 Å². The van der Waals surface area contributed by atoms with Crippen molar-refractivity contribution in [3.63, 3.8) is 0 Å². The van der Waals surface area contributed by atoms with Crippen molar-refractivity contribution in [2.45, 2.75) is 10.6 Å². The first-order valence-electron chi connectivity index (χ1n) is 5.18. The normalized spacial score (nSPS) is 10.6. The topological polar surface area (TPSA) is 26.0 Å². The summed E-state index contributed by atoms with van der Waals surface area (Å²) in [5.41, 5.74) is 7.57. The highest BCUT2D eigenvalue weighted by atomic mass is 35.5. The summed E-state index contributed by atoms with van der Waals surface area (Å²) in [4.78, 5) is 0.943. The van der Waals surface area contributed by atoms with Gasteiger partial charge >= 0.3 is 0 Å². The van der Waals surface area contributed by atoms with E-state index in [0.717, 1.165) is 10.5 Å². The van der Waals surface area contributed by atoms with Crippen LogP contribution in [0.3, 0.4) is 0 Å². The Kier molecular flexibility index (Phi) is 4.68. The molecule has 0 saturated carbocycles. The van der Waals surface area contributed by atoms with Crippen molar-refractivity contribution < 1.29 is 0 Å². The Bertz CT molecular complexity index is 521.